The fourth-order valence-electron chi connectivity index (χ4n) is 3.27. The van der Waals surface area contributed by atoms with Crippen molar-refractivity contribution in [2.24, 2.45) is 7.05 Å². The lowest BCUT2D eigenvalue weighted by molar-refractivity contribution is 0.359. The Kier molecular flexibility index (Phi) is 3.13. The lowest BCUT2D eigenvalue weighted by Crippen LogP contribution is -2.29. The lowest BCUT2D eigenvalue weighted by Gasteiger charge is -2.28. The summed E-state index contributed by atoms with van der Waals surface area (Å²) in [6, 6.07) is 9.95. The summed E-state index contributed by atoms with van der Waals surface area (Å²) < 4.78 is 2.19. The zero-order valence-corrected chi connectivity index (χ0v) is 11.3. The van der Waals surface area contributed by atoms with E-state index in [9.17, 15) is 0 Å². The molecule has 1 aliphatic rings. The number of aryl methyl sites for hydroxylation is 1. The van der Waals surface area contributed by atoms with Crippen LogP contribution in [0.2, 0.25) is 0 Å². The van der Waals surface area contributed by atoms with Crippen LogP contribution >= 0.6 is 0 Å². The van der Waals surface area contributed by atoms with E-state index in [-0.39, 0.29) is 0 Å². The first-order valence-corrected chi connectivity index (χ1v) is 7.00. The average molecular weight is 242 g/mol. The van der Waals surface area contributed by atoms with Crippen molar-refractivity contribution in [3.8, 4) is 0 Å². The highest BCUT2D eigenvalue weighted by Crippen LogP contribution is 2.34. The van der Waals surface area contributed by atoms with E-state index in [0.717, 1.165) is 12.0 Å². The molecule has 0 bridgehead atoms. The molecule has 1 N–H and O–H groups in total. The Balaban J connectivity index is 1.82. The second-order valence-electron chi connectivity index (χ2n) is 5.58. The normalized spacial score (nSPS) is 24.6. The molecule has 1 aromatic heterocycles. The SMILES string of the molecule is CNC1CCC(c2ccc3c(ccn3C)c2)CC1. The van der Waals surface area contributed by atoms with Crippen molar-refractivity contribution in [3.63, 3.8) is 0 Å². The van der Waals surface area contributed by atoms with Crippen molar-refractivity contribution in [3.05, 3.63) is 36.0 Å². The van der Waals surface area contributed by atoms with Gasteiger partial charge in [-0.3, -0.25) is 0 Å². The van der Waals surface area contributed by atoms with Crippen molar-refractivity contribution in [1.82, 2.24) is 9.88 Å². The predicted octanol–water partition coefficient (Wildman–Crippen LogP) is 3.42. The molecule has 2 aromatic rings. The first kappa shape index (κ1) is 11.8. The Morgan fingerprint density at radius 3 is 2.61 bits per heavy atom. The molecule has 18 heavy (non-hydrogen) atoms. The second-order valence-corrected chi connectivity index (χ2v) is 5.58. The second kappa shape index (κ2) is 4.77. The van der Waals surface area contributed by atoms with Crippen molar-refractivity contribution in [2.75, 3.05) is 7.05 Å². The molecule has 0 radical (unpaired) electrons. The minimum Gasteiger partial charge on any atom is -0.351 e. The van der Waals surface area contributed by atoms with Crippen molar-refractivity contribution >= 4 is 10.9 Å². The maximum Gasteiger partial charge on any atom is 0.0477 e. The molecule has 1 fully saturated rings. The Labute approximate surface area is 109 Å². The highest BCUT2D eigenvalue weighted by Gasteiger charge is 2.21. The van der Waals surface area contributed by atoms with Gasteiger partial charge in [0.15, 0.2) is 0 Å². The van der Waals surface area contributed by atoms with Crippen LogP contribution in [0.1, 0.15) is 37.2 Å². The number of nitrogens with zero attached hydrogens (tertiary/aromatic N) is 1. The van der Waals surface area contributed by atoms with Gasteiger partial charge in [-0.25, -0.2) is 0 Å². The third-order valence-electron chi connectivity index (χ3n) is 4.52. The zero-order valence-electron chi connectivity index (χ0n) is 11.3. The number of hydrogen-bond donors (Lipinski definition) is 1. The molecule has 0 aliphatic heterocycles. The standard InChI is InChI=1S/C16H22N2/c1-17-15-6-3-12(4-7-15)13-5-8-16-14(11-13)9-10-18(16)2/h5,8-12,15,17H,3-4,6-7H2,1-2H3. The first-order valence-electron chi connectivity index (χ1n) is 7.00. The van der Waals surface area contributed by atoms with Gasteiger partial charge in [0.2, 0.25) is 0 Å². The van der Waals surface area contributed by atoms with E-state index in [1.54, 1.807) is 0 Å². The van der Waals surface area contributed by atoms with E-state index in [0.29, 0.717) is 0 Å². The lowest BCUT2D eigenvalue weighted by atomic mass is 9.81. The number of benzene rings is 1. The summed E-state index contributed by atoms with van der Waals surface area (Å²) in [6.07, 6.45) is 7.42. The van der Waals surface area contributed by atoms with E-state index in [1.807, 2.05) is 0 Å². The van der Waals surface area contributed by atoms with E-state index < -0.39 is 0 Å². The molecular formula is C16H22N2. The molecule has 1 aliphatic carbocycles. The number of rotatable bonds is 2. The van der Waals surface area contributed by atoms with Crippen molar-refractivity contribution < 1.29 is 0 Å². The van der Waals surface area contributed by atoms with Gasteiger partial charge in [-0.15, -0.1) is 0 Å². The van der Waals surface area contributed by atoms with E-state index in [2.05, 4.69) is 54.4 Å². The number of fused-ring (bicyclic) bond motifs is 1. The predicted molar refractivity (Wildman–Crippen MR) is 77.0 cm³/mol. The molecule has 1 heterocycles. The van der Waals surface area contributed by atoms with Crippen LogP contribution < -0.4 is 5.32 Å². The molecule has 0 amide bonds. The van der Waals surface area contributed by atoms with Crippen LogP contribution in [0.25, 0.3) is 10.9 Å². The average Bonchev–Trinajstić information content (AvgIpc) is 2.80. The third kappa shape index (κ3) is 2.05. The highest BCUT2D eigenvalue weighted by molar-refractivity contribution is 5.80. The molecule has 3 rings (SSSR count). The van der Waals surface area contributed by atoms with E-state index in [4.69, 9.17) is 0 Å². The minimum absolute atomic E-state index is 0.738. The molecule has 1 saturated carbocycles. The molecule has 0 unspecified atom stereocenters. The van der Waals surface area contributed by atoms with Crippen molar-refractivity contribution in [1.29, 1.82) is 0 Å². The Bertz CT molecular complexity index is 533. The molecule has 1 aromatic carbocycles. The van der Waals surface area contributed by atoms with Gasteiger partial charge in [-0.05, 0) is 67.8 Å². The van der Waals surface area contributed by atoms with Gasteiger partial charge < -0.3 is 9.88 Å². The van der Waals surface area contributed by atoms with Crippen LogP contribution in [0, 0.1) is 0 Å². The fourth-order valence-corrected chi connectivity index (χ4v) is 3.27. The summed E-state index contributed by atoms with van der Waals surface area (Å²) in [6.45, 7) is 0. The van der Waals surface area contributed by atoms with Gasteiger partial charge in [0, 0.05) is 24.8 Å². The van der Waals surface area contributed by atoms with Crippen LogP contribution in [0.5, 0.6) is 0 Å². The monoisotopic (exact) mass is 242 g/mol. The van der Waals surface area contributed by atoms with Crippen LogP contribution in [0.15, 0.2) is 30.5 Å². The first-order chi connectivity index (χ1) is 8.78. The number of aromatic nitrogens is 1. The molecule has 2 heteroatoms. The smallest absolute Gasteiger partial charge is 0.0477 e. The summed E-state index contributed by atoms with van der Waals surface area (Å²) in [7, 11) is 4.20. The van der Waals surface area contributed by atoms with Crippen LogP contribution in [-0.4, -0.2) is 17.7 Å². The van der Waals surface area contributed by atoms with Gasteiger partial charge in [0.25, 0.3) is 0 Å². The Hall–Kier alpha value is -1.28. The molecular weight excluding hydrogens is 220 g/mol. The summed E-state index contributed by atoms with van der Waals surface area (Å²) in [4.78, 5) is 0. The zero-order chi connectivity index (χ0) is 12.5. The summed E-state index contributed by atoms with van der Waals surface area (Å²) in [5, 5.41) is 4.79. The topological polar surface area (TPSA) is 17.0 Å². The maximum absolute atomic E-state index is 3.41. The quantitative estimate of drug-likeness (QED) is 0.854. The molecule has 0 atom stereocenters. The third-order valence-corrected chi connectivity index (χ3v) is 4.52. The molecule has 2 nitrogen and oxygen atoms in total. The fraction of sp³-hybridized carbons (Fsp3) is 0.500. The Morgan fingerprint density at radius 1 is 1.11 bits per heavy atom. The van der Waals surface area contributed by atoms with E-state index >= 15 is 0 Å². The van der Waals surface area contributed by atoms with Crippen LogP contribution in [0.4, 0.5) is 0 Å². The minimum atomic E-state index is 0.738. The van der Waals surface area contributed by atoms with Crippen LogP contribution in [0.3, 0.4) is 0 Å². The largest absolute Gasteiger partial charge is 0.351 e. The number of hydrogen-bond acceptors (Lipinski definition) is 1. The van der Waals surface area contributed by atoms with Crippen molar-refractivity contribution in [2.45, 2.75) is 37.6 Å². The molecule has 0 saturated heterocycles. The highest BCUT2D eigenvalue weighted by atomic mass is 14.9. The Morgan fingerprint density at radius 2 is 1.89 bits per heavy atom. The summed E-state index contributed by atoms with van der Waals surface area (Å²) >= 11 is 0. The van der Waals surface area contributed by atoms with Gasteiger partial charge in [0.05, 0.1) is 0 Å². The van der Waals surface area contributed by atoms with Gasteiger partial charge >= 0.3 is 0 Å². The van der Waals surface area contributed by atoms with Crippen LogP contribution in [-0.2, 0) is 7.05 Å². The summed E-state index contributed by atoms with van der Waals surface area (Å²) in [5.41, 5.74) is 2.87. The molecule has 0 spiro atoms. The van der Waals surface area contributed by atoms with E-state index in [1.165, 1.54) is 42.1 Å². The maximum atomic E-state index is 3.41. The van der Waals surface area contributed by atoms with Gasteiger partial charge in [0.1, 0.15) is 0 Å². The number of nitrogens with one attached hydrogen (secondary N) is 1. The summed E-state index contributed by atoms with van der Waals surface area (Å²) in [5.74, 6) is 0.763. The van der Waals surface area contributed by atoms with Gasteiger partial charge in [-0.2, -0.15) is 0 Å². The molecule has 96 valence electrons. The van der Waals surface area contributed by atoms with Gasteiger partial charge in [-0.1, -0.05) is 6.07 Å².